The molecule has 1 unspecified atom stereocenters. The van der Waals surface area contributed by atoms with Crippen LogP contribution in [0.3, 0.4) is 0 Å². The average molecular weight is 477 g/mol. The summed E-state index contributed by atoms with van der Waals surface area (Å²) in [5.41, 5.74) is 8.41. The van der Waals surface area contributed by atoms with E-state index in [4.69, 9.17) is 15.2 Å². The van der Waals surface area contributed by atoms with Crippen molar-refractivity contribution < 1.29 is 19.0 Å². The minimum absolute atomic E-state index is 0.0252. The van der Waals surface area contributed by atoms with Crippen molar-refractivity contribution in [2.75, 3.05) is 11.9 Å². The third kappa shape index (κ3) is 5.32. The number of nitrogens with two attached hydrogens (primary N) is 1. The van der Waals surface area contributed by atoms with Gasteiger partial charge in [-0.25, -0.2) is 14.4 Å². The van der Waals surface area contributed by atoms with Crippen molar-refractivity contribution in [1.29, 1.82) is 0 Å². The van der Waals surface area contributed by atoms with E-state index in [1.54, 1.807) is 29.5 Å². The Labute approximate surface area is 195 Å². The molecular formula is C22H29FN6O3S. The molecule has 0 amide bonds. The Bertz CT molecular complexity index is 1060. The molecule has 0 radical (unpaired) electrons. The molecule has 4 heterocycles. The fourth-order valence-electron chi connectivity index (χ4n) is 3.72. The Morgan fingerprint density at radius 2 is 2.21 bits per heavy atom. The third-order valence-corrected chi connectivity index (χ3v) is 6.31. The molecule has 1 fully saturated rings. The van der Waals surface area contributed by atoms with Crippen LogP contribution in [-0.2, 0) is 11.8 Å². The van der Waals surface area contributed by atoms with Gasteiger partial charge < -0.3 is 25.6 Å². The molecule has 3 aromatic rings. The van der Waals surface area contributed by atoms with Gasteiger partial charge in [-0.1, -0.05) is 0 Å². The second-order valence-corrected chi connectivity index (χ2v) is 9.15. The van der Waals surface area contributed by atoms with E-state index in [1.165, 1.54) is 11.3 Å². The molecule has 4 rings (SSSR count). The molecule has 0 saturated carbocycles. The van der Waals surface area contributed by atoms with Crippen molar-refractivity contribution in [3.05, 3.63) is 41.3 Å². The fourth-order valence-corrected chi connectivity index (χ4v) is 4.58. The van der Waals surface area contributed by atoms with Crippen LogP contribution in [0.15, 0.2) is 29.9 Å². The highest BCUT2D eigenvalue weighted by Crippen LogP contribution is 2.35. The minimum Gasteiger partial charge on any atom is -0.474 e. The van der Waals surface area contributed by atoms with E-state index in [0.717, 1.165) is 11.3 Å². The van der Waals surface area contributed by atoms with Gasteiger partial charge in [0.25, 0.3) is 0 Å². The maximum absolute atomic E-state index is 14.0. The van der Waals surface area contributed by atoms with Gasteiger partial charge in [0.15, 0.2) is 6.23 Å². The van der Waals surface area contributed by atoms with Crippen LogP contribution in [-0.4, -0.2) is 49.8 Å². The largest absolute Gasteiger partial charge is 0.474 e. The first-order valence-electron chi connectivity index (χ1n) is 10.9. The van der Waals surface area contributed by atoms with E-state index in [0.29, 0.717) is 35.1 Å². The van der Waals surface area contributed by atoms with Crippen molar-refractivity contribution >= 4 is 17.0 Å². The SMILES string of the molecule is CC(C)Oc1ncccc1-c1nc(C(O)Nc2cnn(C)c2[C@@H]2CC[C@@H](N)[C@H](F)CO2)cs1. The van der Waals surface area contributed by atoms with Crippen LogP contribution in [0.2, 0.25) is 0 Å². The highest BCUT2D eigenvalue weighted by molar-refractivity contribution is 7.13. The number of nitrogens with zero attached hydrogens (tertiary/aromatic N) is 4. The Morgan fingerprint density at radius 1 is 1.39 bits per heavy atom. The van der Waals surface area contributed by atoms with E-state index >= 15 is 0 Å². The summed E-state index contributed by atoms with van der Waals surface area (Å²) in [6.07, 6.45) is 1.67. The minimum atomic E-state index is -1.20. The summed E-state index contributed by atoms with van der Waals surface area (Å²) in [5.74, 6) is 0.500. The lowest BCUT2D eigenvalue weighted by Gasteiger charge is -2.19. The zero-order chi connectivity index (χ0) is 23.5. The number of rotatable bonds is 7. The van der Waals surface area contributed by atoms with Gasteiger partial charge in [0.1, 0.15) is 23.0 Å². The van der Waals surface area contributed by atoms with Gasteiger partial charge in [-0.3, -0.25) is 4.68 Å². The van der Waals surface area contributed by atoms with E-state index in [1.807, 2.05) is 26.0 Å². The highest BCUT2D eigenvalue weighted by atomic mass is 32.1. The zero-order valence-electron chi connectivity index (χ0n) is 18.8. The Kier molecular flexibility index (Phi) is 7.23. The molecule has 9 nitrogen and oxygen atoms in total. The second-order valence-electron chi connectivity index (χ2n) is 8.29. The van der Waals surface area contributed by atoms with Crippen LogP contribution in [0.25, 0.3) is 10.6 Å². The summed E-state index contributed by atoms with van der Waals surface area (Å²) in [6, 6.07) is 3.16. The number of aromatic nitrogens is 4. The summed E-state index contributed by atoms with van der Waals surface area (Å²) in [5, 5.41) is 20.7. The zero-order valence-corrected chi connectivity index (χ0v) is 19.6. The topological polar surface area (TPSA) is 120 Å². The normalized spacial score (nSPS) is 22.2. The number of aliphatic hydroxyl groups excluding tert-OH is 1. The van der Waals surface area contributed by atoms with Crippen LogP contribution in [0.1, 0.15) is 50.4 Å². The van der Waals surface area contributed by atoms with Gasteiger partial charge in [-0.05, 0) is 38.8 Å². The van der Waals surface area contributed by atoms with E-state index in [2.05, 4.69) is 20.4 Å². The predicted molar refractivity (Wildman–Crippen MR) is 124 cm³/mol. The van der Waals surface area contributed by atoms with Gasteiger partial charge in [-0.15, -0.1) is 11.3 Å². The highest BCUT2D eigenvalue weighted by Gasteiger charge is 2.30. The van der Waals surface area contributed by atoms with Gasteiger partial charge in [-0.2, -0.15) is 5.10 Å². The lowest BCUT2D eigenvalue weighted by molar-refractivity contribution is 0.0246. The summed E-state index contributed by atoms with van der Waals surface area (Å²) in [6.45, 7) is 3.80. The van der Waals surface area contributed by atoms with Gasteiger partial charge >= 0.3 is 0 Å². The molecule has 0 aromatic carbocycles. The maximum Gasteiger partial charge on any atom is 0.224 e. The van der Waals surface area contributed by atoms with E-state index in [-0.39, 0.29) is 18.8 Å². The standard InChI is InChI=1S/C22H29FN6O3S/c1-12(2)32-21-13(5-4-8-25-21)22-28-17(11-33-22)20(30)27-16-9-26-29(3)19(16)18-7-6-15(24)14(23)10-31-18/h4-5,8-9,11-12,14-15,18,20,27,30H,6-7,10,24H2,1-3H3/t14-,15-,18+,20?/m1/s1. The number of thiazole rings is 1. The Hall–Kier alpha value is -2.60. The summed E-state index contributed by atoms with van der Waals surface area (Å²) < 4.78 is 27.2. The molecule has 33 heavy (non-hydrogen) atoms. The molecule has 11 heteroatoms. The van der Waals surface area contributed by atoms with Crippen LogP contribution in [0.5, 0.6) is 5.88 Å². The van der Waals surface area contributed by atoms with Crippen LogP contribution < -0.4 is 15.8 Å². The van der Waals surface area contributed by atoms with Crippen molar-refractivity contribution in [1.82, 2.24) is 19.7 Å². The fraction of sp³-hybridized carbons (Fsp3) is 0.500. The number of ether oxygens (including phenoxy) is 2. The summed E-state index contributed by atoms with van der Waals surface area (Å²) in [7, 11) is 1.79. The molecule has 0 aliphatic carbocycles. The molecular weight excluding hydrogens is 447 g/mol. The number of nitrogens with one attached hydrogen (secondary N) is 1. The van der Waals surface area contributed by atoms with Crippen LogP contribution >= 0.6 is 11.3 Å². The monoisotopic (exact) mass is 476 g/mol. The summed E-state index contributed by atoms with van der Waals surface area (Å²) in [4.78, 5) is 8.90. The lowest BCUT2D eigenvalue weighted by Crippen LogP contribution is -2.32. The molecule has 178 valence electrons. The number of alkyl halides is 1. The number of hydrogen-bond acceptors (Lipinski definition) is 9. The maximum atomic E-state index is 14.0. The van der Waals surface area contributed by atoms with Gasteiger partial charge in [0, 0.05) is 24.7 Å². The van der Waals surface area contributed by atoms with Crippen molar-refractivity contribution in [3.63, 3.8) is 0 Å². The predicted octanol–water partition coefficient (Wildman–Crippen LogP) is 3.35. The smallest absolute Gasteiger partial charge is 0.224 e. The Balaban J connectivity index is 1.52. The van der Waals surface area contributed by atoms with Crippen molar-refractivity contribution in [2.24, 2.45) is 12.8 Å². The first kappa shape index (κ1) is 23.6. The third-order valence-electron chi connectivity index (χ3n) is 5.42. The van der Waals surface area contributed by atoms with Gasteiger partial charge in [0.2, 0.25) is 5.88 Å². The van der Waals surface area contributed by atoms with Crippen molar-refractivity contribution in [3.8, 4) is 16.5 Å². The molecule has 0 bridgehead atoms. The molecule has 1 saturated heterocycles. The molecule has 0 spiro atoms. The number of pyridine rings is 1. The van der Waals surface area contributed by atoms with Gasteiger partial charge in [0.05, 0.1) is 35.9 Å². The number of anilines is 1. The second kappa shape index (κ2) is 10.1. The van der Waals surface area contributed by atoms with Crippen LogP contribution in [0.4, 0.5) is 10.1 Å². The lowest BCUT2D eigenvalue weighted by atomic mass is 10.0. The molecule has 3 aromatic heterocycles. The first-order chi connectivity index (χ1) is 15.8. The quantitative estimate of drug-likeness (QED) is 0.444. The van der Waals surface area contributed by atoms with E-state index in [9.17, 15) is 9.50 Å². The summed E-state index contributed by atoms with van der Waals surface area (Å²) >= 11 is 1.39. The molecule has 4 atom stereocenters. The van der Waals surface area contributed by atoms with Crippen LogP contribution in [0, 0.1) is 0 Å². The number of aliphatic hydroxyl groups is 1. The Morgan fingerprint density at radius 3 is 3.00 bits per heavy atom. The number of halogens is 1. The number of aryl methyl sites for hydroxylation is 1. The molecule has 1 aliphatic heterocycles. The van der Waals surface area contributed by atoms with Crippen molar-refractivity contribution in [2.45, 2.75) is 57.3 Å². The first-order valence-corrected chi connectivity index (χ1v) is 11.8. The average Bonchev–Trinajstić information content (AvgIpc) is 3.37. The van der Waals surface area contributed by atoms with E-state index < -0.39 is 18.4 Å². The molecule has 1 aliphatic rings. The molecule has 4 N–H and O–H groups in total. The number of hydrogen-bond donors (Lipinski definition) is 3.